The number of aromatic nitrogens is 3. The number of imidazole rings is 1. The molecule has 0 aromatic carbocycles. The second kappa shape index (κ2) is 6.52. The third-order valence-corrected chi connectivity index (χ3v) is 3.57. The molecule has 3 rings (SSSR count). The fourth-order valence-electron chi connectivity index (χ4n) is 2.52. The topological polar surface area (TPSA) is 62.8 Å². The Balaban J connectivity index is 1.51. The van der Waals surface area contributed by atoms with Crippen LogP contribution in [0.5, 0.6) is 5.88 Å². The average molecular weight is 272 g/mol. The third-order valence-electron chi connectivity index (χ3n) is 3.57. The van der Waals surface area contributed by atoms with Gasteiger partial charge < -0.3 is 15.0 Å². The van der Waals surface area contributed by atoms with Gasteiger partial charge in [0.1, 0.15) is 11.9 Å². The standard InChI is InChI=1S/C15H20N4O/c1-2-4-13(3-1)20-15-9-12(5-6-19-15)10-16-11-14-17-7-8-18-14/h5-9,13,16H,1-4,10-11H2,(H,17,18). The number of nitrogens with zero attached hydrogens (tertiary/aromatic N) is 2. The third kappa shape index (κ3) is 3.57. The summed E-state index contributed by atoms with van der Waals surface area (Å²) < 4.78 is 5.91. The molecule has 0 spiro atoms. The van der Waals surface area contributed by atoms with Crippen molar-refractivity contribution in [1.82, 2.24) is 20.3 Å². The van der Waals surface area contributed by atoms with Crippen LogP contribution in [-0.4, -0.2) is 21.1 Å². The van der Waals surface area contributed by atoms with Crippen molar-refractivity contribution in [3.05, 3.63) is 42.1 Å². The predicted octanol–water partition coefficient (Wildman–Crippen LogP) is 2.42. The molecule has 0 saturated heterocycles. The van der Waals surface area contributed by atoms with Crippen molar-refractivity contribution in [3.8, 4) is 5.88 Å². The Kier molecular flexibility index (Phi) is 4.28. The van der Waals surface area contributed by atoms with Crippen molar-refractivity contribution >= 4 is 0 Å². The van der Waals surface area contributed by atoms with Crippen molar-refractivity contribution in [2.75, 3.05) is 0 Å². The second-order valence-electron chi connectivity index (χ2n) is 5.17. The first-order valence-electron chi connectivity index (χ1n) is 7.21. The largest absolute Gasteiger partial charge is 0.474 e. The maximum absolute atomic E-state index is 5.91. The zero-order chi connectivity index (χ0) is 13.6. The lowest BCUT2D eigenvalue weighted by Crippen LogP contribution is -2.15. The van der Waals surface area contributed by atoms with Gasteiger partial charge in [-0.1, -0.05) is 0 Å². The molecule has 106 valence electrons. The Morgan fingerprint density at radius 2 is 2.10 bits per heavy atom. The van der Waals surface area contributed by atoms with Crippen LogP contribution in [0.3, 0.4) is 0 Å². The first kappa shape index (κ1) is 13.1. The van der Waals surface area contributed by atoms with Gasteiger partial charge in [0.05, 0.1) is 6.54 Å². The van der Waals surface area contributed by atoms with Crippen LogP contribution >= 0.6 is 0 Å². The molecule has 1 aliphatic rings. The molecule has 5 heteroatoms. The molecule has 5 nitrogen and oxygen atoms in total. The van der Waals surface area contributed by atoms with Crippen LogP contribution in [0, 0.1) is 0 Å². The maximum atomic E-state index is 5.91. The molecule has 0 aliphatic heterocycles. The molecule has 0 atom stereocenters. The first-order chi connectivity index (χ1) is 9.90. The highest BCUT2D eigenvalue weighted by molar-refractivity contribution is 5.20. The van der Waals surface area contributed by atoms with Gasteiger partial charge in [0.25, 0.3) is 0 Å². The Morgan fingerprint density at radius 1 is 1.20 bits per heavy atom. The molecule has 2 N–H and O–H groups in total. The molecule has 0 amide bonds. The highest BCUT2D eigenvalue weighted by atomic mass is 16.5. The van der Waals surface area contributed by atoms with E-state index in [1.54, 1.807) is 6.20 Å². The predicted molar refractivity (Wildman–Crippen MR) is 76.3 cm³/mol. The molecule has 2 aromatic heterocycles. The van der Waals surface area contributed by atoms with Gasteiger partial charge in [-0.3, -0.25) is 0 Å². The number of hydrogen-bond acceptors (Lipinski definition) is 4. The summed E-state index contributed by atoms with van der Waals surface area (Å²) in [7, 11) is 0. The summed E-state index contributed by atoms with van der Waals surface area (Å²) in [6.45, 7) is 1.51. The van der Waals surface area contributed by atoms with E-state index in [2.05, 4.69) is 20.3 Å². The van der Waals surface area contributed by atoms with Gasteiger partial charge in [0.15, 0.2) is 0 Å². The lowest BCUT2D eigenvalue weighted by molar-refractivity contribution is 0.201. The summed E-state index contributed by atoms with van der Waals surface area (Å²) in [5, 5.41) is 3.35. The summed E-state index contributed by atoms with van der Waals surface area (Å²) in [6.07, 6.45) is 10.6. The number of hydrogen-bond donors (Lipinski definition) is 2. The number of aromatic amines is 1. The van der Waals surface area contributed by atoms with E-state index in [0.29, 0.717) is 6.10 Å². The van der Waals surface area contributed by atoms with Crippen LogP contribution in [0.4, 0.5) is 0 Å². The fourth-order valence-corrected chi connectivity index (χ4v) is 2.52. The number of pyridine rings is 1. The van der Waals surface area contributed by atoms with Crippen LogP contribution in [0.25, 0.3) is 0 Å². The van der Waals surface area contributed by atoms with Crippen molar-refractivity contribution in [2.24, 2.45) is 0 Å². The zero-order valence-electron chi connectivity index (χ0n) is 11.5. The van der Waals surface area contributed by atoms with Crippen molar-refractivity contribution in [3.63, 3.8) is 0 Å². The van der Waals surface area contributed by atoms with Crippen molar-refractivity contribution in [2.45, 2.75) is 44.9 Å². The van der Waals surface area contributed by atoms with Crippen molar-refractivity contribution < 1.29 is 4.74 Å². The van der Waals surface area contributed by atoms with E-state index >= 15 is 0 Å². The Labute approximate surface area is 118 Å². The minimum absolute atomic E-state index is 0.355. The van der Waals surface area contributed by atoms with Gasteiger partial charge in [-0.05, 0) is 37.3 Å². The molecule has 1 fully saturated rings. The molecular formula is C15H20N4O. The number of rotatable bonds is 6. The maximum Gasteiger partial charge on any atom is 0.213 e. The molecule has 1 saturated carbocycles. The van der Waals surface area contributed by atoms with Gasteiger partial charge >= 0.3 is 0 Å². The van der Waals surface area contributed by atoms with E-state index in [1.807, 2.05) is 24.5 Å². The summed E-state index contributed by atoms with van der Waals surface area (Å²) in [4.78, 5) is 11.5. The minimum Gasteiger partial charge on any atom is -0.474 e. The zero-order valence-corrected chi connectivity index (χ0v) is 11.5. The quantitative estimate of drug-likeness (QED) is 0.847. The van der Waals surface area contributed by atoms with E-state index in [4.69, 9.17) is 4.74 Å². The molecule has 1 aliphatic carbocycles. The normalized spacial score (nSPS) is 15.6. The summed E-state index contributed by atoms with van der Waals surface area (Å²) in [5.74, 6) is 1.69. The van der Waals surface area contributed by atoms with Crippen LogP contribution < -0.4 is 10.1 Å². The lowest BCUT2D eigenvalue weighted by atomic mass is 10.2. The summed E-state index contributed by atoms with van der Waals surface area (Å²) in [6, 6.07) is 4.03. The monoisotopic (exact) mass is 272 g/mol. The molecular weight excluding hydrogens is 252 g/mol. The number of ether oxygens (including phenoxy) is 1. The van der Waals surface area contributed by atoms with Crippen molar-refractivity contribution in [1.29, 1.82) is 0 Å². The first-order valence-corrected chi connectivity index (χ1v) is 7.21. The number of nitrogens with one attached hydrogen (secondary N) is 2. The minimum atomic E-state index is 0.355. The Morgan fingerprint density at radius 3 is 2.90 bits per heavy atom. The van der Waals surface area contributed by atoms with Gasteiger partial charge in [0.2, 0.25) is 5.88 Å². The van der Waals surface area contributed by atoms with E-state index in [-0.39, 0.29) is 0 Å². The Hall–Kier alpha value is -1.88. The highest BCUT2D eigenvalue weighted by Gasteiger charge is 2.16. The van der Waals surface area contributed by atoms with Crippen LogP contribution in [-0.2, 0) is 13.1 Å². The van der Waals surface area contributed by atoms with Gasteiger partial charge in [0, 0.05) is 31.2 Å². The van der Waals surface area contributed by atoms with Gasteiger partial charge in [-0.15, -0.1) is 0 Å². The fraction of sp³-hybridized carbons (Fsp3) is 0.467. The van der Waals surface area contributed by atoms with Crippen LogP contribution in [0.15, 0.2) is 30.7 Å². The Bertz CT molecular complexity index is 520. The molecule has 0 bridgehead atoms. The van der Waals surface area contributed by atoms with Crippen LogP contribution in [0.2, 0.25) is 0 Å². The SMILES string of the molecule is c1cc(CNCc2ncc[nH]2)cc(OC2CCCC2)n1. The van der Waals surface area contributed by atoms with Gasteiger partial charge in [-0.2, -0.15) is 0 Å². The lowest BCUT2D eigenvalue weighted by Gasteiger charge is -2.12. The van der Waals surface area contributed by atoms with E-state index in [0.717, 1.165) is 37.6 Å². The van der Waals surface area contributed by atoms with Gasteiger partial charge in [-0.25, -0.2) is 9.97 Å². The smallest absolute Gasteiger partial charge is 0.213 e. The van der Waals surface area contributed by atoms with E-state index in [1.165, 1.54) is 18.4 Å². The molecule has 0 unspecified atom stereocenters. The number of H-pyrrole nitrogens is 1. The molecule has 2 aromatic rings. The van der Waals surface area contributed by atoms with Crippen LogP contribution in [0.1, 0.15) is 37.1 Å². The van der Waals surface area contributed by atoms with E-state index in [9.17, 15) is 0 Å². The molecule has 20 heavy (non-hydrogen) atoms. The average Bonchev–Trinajstić information content (AvgIpc) is 3.13. The second-order valence-corrected chi connectivity index (χ2v) is 5.17. The molecule has 2 heterocycles. The molecule has 0 radical (unpaired) electrons. The summed E-state index contributed by atoms with van der Waals surface area (Å²) >= 11 is 0. The van der Waals surface area contributed by atoms with E-state index < -0.39 is 0 Å². The summed E-state index contributed by atoms with van der Waals surface area (Å²) in [5.41, 5.74) is 1.18. The highest BCUT2D eigenvalue weighted by Crippen LogP contribution is 2.23.